The fourth-order valence-electron chi connectivity index (χ4n) is 5.76. The number of aryl methyl sites for hydroxylation is 3. The molecule has 4 aromatic carbocycles. The highest BCUT2D eigenvalue weighted by atomic mass is 16.5. The minimum Gasteiger partial charge on any atom is -0.493 e. The molecule has 1 aliphatic heterocycles. The van der Waals surface area contributed by atoms with Gasteiger partial charge in [0.1, 0.15) is 23.9 Å². The van der Waals surface area contributed by atoms with Crippen LogP contribution in [0.5, 0.6) is 23.1 Å². The molecule has 0 bridgehead atoms. The number of hydrogen-bond donors (Lipinski definition) is 0. The highest BCUT2D eigenvalue weighted by Gasteiger charge is 2.19. The number of pyridine rings is 1. The summed E-state index contributed by atoms with van der Waals surface area (Å²) in [5, 5.41) is 0. The summed E-state index contributed by atoms with van der Waals surface area (Å²) in [6.45, 7) is 11.3. The predicted octanol–water partition coefficient (Wildman–Crippen LogP) is 8.36. The fourth-order valence-corrected chi connectivity index (χ4v) is 5.76. The molecule has 0 saturated carbocycles. The van der Waals surface area contributed by atoms with E-state index < -0.39 is 0 Å². The van der Waals surface area contributed by atoms with Crippen LogP contribution in [-0.4, -0.2) is 53.5 Å². The summed E-state index contributed by atoms with van der Waals surface area (Å²) in [7, 11) is 0. The first kappa shape index (κ1) is 34.5. The fraction of sp³-hybridized carbons (Fsp3) is 0.256. The second-order valence-corrected chi connectivity index (χ2v) is 12.9. The largest absolute Gasteiger partial charge is 0.493 e. The van der Waals surface area contributed by atoms with Gasteiger partial charge in [-0.3, -0.25) is 9.69 Å². The van der Waals surface area contributed by atoms with Crippen LogP contribution in [0.15, 0.2) is 115 Å². The quantitative estimate of drug-likeness (QED) is 0.118. The van der Waals surface area contributed by atoms with Crippen molar-refractivity contribution in [2.45, 2.75) is 40.3 Å². The van der Waals surface area contributed by atoms with Crippen molar-refractivity contribution in [2.24, 2.45) is 0 Å². The standard InChI is InChI=1S/C43H45N3O4/c1-32-4-8-38(9-5-32)31-49-40-18-20-42(44-29-40)50-41-19-14-36(28-34(41)3)15-21-43(47)46-25-23-45(24-26-46)30-37-12-10-35(11-13-37)22-27-48-39-16-6-33(2)7-17-39/h4-21,28-29H,22-27,30-31H2,1-3H3/b21-15+. The number of hydrogen-bond acceptors (Lipinski definition) is 6. The number of aromatic nitrogens is 1. The molecule has 2 heterocycles. The van der Waals surface area contributed by atoms with E-state index in [2.05, 4.69) is 84.4 Å². The van der Waals surface area contributed by atoms with Crippen LogP contribution in [0.2, 0.25) is 0 Å². The lowest BCUT2D eigenvalue weighted by Gasteiger charge is -2.34. The summed E-state index contributed by atoms with van der Waals surface area (Å²) in [5.74, 6) is 2.83. The lowest BCUT2D eigenvalue weighted by Crippen LogP contribution is -2.47. The number of carbonyl (C=O) groups excluding carboxylic acids is 1. The van der Waals surface area contributed by atoms with Gasteiger partial charge in [0.2, 0.25) is 11.8 Å². The molecule has 0 atom stereocenters. The number of carbonyl (C=O) groups is 1. The highest BCUT2D eigenvalue weighted by molar-refractivity contribution is 5.91. The van der Waals surface area contributed by atoms with Gasteiger partial charge in [-0.2, -0.15) is 0 Å². The van der Waals surface area contributed by atoms with Gasteiger partial charge in [0.05, 0.1) is 12.8 Å². The summed E-state index contributed by atoms with van der Waals surface area (Å²) in [6.07, 6.45) is 6.09. The van der Waals surface area contributed by atoms with Crippen molar-refractivity contribution < 1.29 is 19.0 Å². The summed E-state index contributed by atoms with van der Waals surface area (Å²) in [4.78, 5) is 21.7. The Morgan fingerprint density at radius 2 is 1.38 bits per heavy atom. The van der Waals surface area contributed by atoms with Crippen LogP contribution >= 0.6 is 0 Å². The lowest BCUT2D eigenvalue weighted by molar-refractivity contribution is -0.127. The third-order valence-corrected chi connectivity index (χ3v) is 8.86. The Kier molecular flexibility index (Phi) is 11.6. The molecule has 6 rings (SSSR count). The minimum atomic E-state index is 0.0359. The smallest absolute Gasteiger partial charge is 0.246 e. The average Bonchev–Trinajstić information content (AvgIpc) is 3.14. The van der Waals surface area contributed by atoms with Crippen molar-refractivity contribution in [3.05, 3.63) is 154 Å². The Labute approximate surface area is 295 Å². The van der Waals surface area contributed by atoms with Gasteiger partial charge in [-0.15, -0.1) is 0 Å². The Hall–Kier alpha value is -5.40. The molecule has 0 radical (unpaired) electrons. The van der Waals surface area contributed by atoms with Crippen LogP contribution in [0.1, 0.15) is 38.9 Å². The van der Waals surface area contributed by atoms with Crippen molar-refractivity contribution in [1.29, 1.82) is 0 Å². The zero-order valence-corrected chi connectivity index (χ0v) is 29.2. The normalized spacial score (nSPS) is 13.4. The zero-order chi connectivity index (χ0) is 34.7. The molecule has 1 amide bonds. The minimum absolute atomic E-state index is 0.0359. The number of benzene rings is 4. The maximum absolute atomic E-state index is 13.0. The second-order valence-electron chi connectivity index (χ2n) is 12.9. The van der Waals surface area contributed by atoms with E-state index >= 15 is 0 Å². The lowest BCUT2D eigenvalue weighted by atomic mass is 10.1. The van der Waals surface area contributed by atoms with Crippen molar-refractivity contribution in [2.75, 3.05) is 32.8 Å². The van der Waals surface area contributed by atoms with E-state index in [0.29, 0.717) is 43.7 Å². The monoisotopic (exact) mass is 667 g/mol. The summed E-state index contributed by atoms with van der Waals surface area (Å²) in [6, 6.07) is 34.8. The van der Waals surface area contributed by atoms with Crippen LogP contribution in [0.25, 0.3) is 6.08 Å². The molecule has 7 nitrogen and oxygen atoms in total. The number of nitrogens with zero attached hydrogens (tertiary/aromatic N) is 3. The number of rotatable bonds is 13. The zero-order valence-electron chi connectivity index (χ0n) is 29.2. The van der Waals surface area contributed by atoms with Crippen LogP contribution in [-0.2, 0) is 24.4 Å². The topological polar surface area (TPSA) is 64.1 Å². The van der Waals surface area contributed by atoms with Crippen molar-refractivity contribution >= 4 is 12.0 Å². The second kappa shape index (κ2) is 16.8. The SMILES string of the molecule is Cc1ccc(COc2ccc(Oc3ccc(/C=C/C(=O)N4CCN(Cc5ccc(CCOc6ccc(C)cc6)cc5)CC4)cc3C)nc2)cc1. The third-order valence-electron chi connectivity index (χ3n) is 8.86. The first-order chi connectivity index (χ1) is 24.4. The molecule has 0 unspecified atom stereocenters. The summed E-state index contributed by atoms with van der Waals surface area (Å²) in [5.41, 5.74) is 8.01. The molecule has 5 aromatic rings. The van der Waals surface area contributed by atoms with Gasteiger partial charge in [-0.1, -0.05) is 77.9 Å². The number of amides is 1. The molecule has 1 saturated heterocycles. The van der Waals surface area contributed by atoms with E-state index in [4.69, 9.17) is 14.2 Å². The van der Waals surface area contributed by atoms with Crippen LogP contribution < -0.4 is 14.2 Å². The van der Waals surface area contributed by atoms with Gasteiger partial charge in [0, 0.05) is 51.3 Å². The number of ether oxygens (including phenoxy) is 3. The average molecular weight is 668 g/mol. The van der Waals surface area contributed by atoms with Gasteiger partial charge >= 0.3 is 0 Å². The van der Waals surface area contributed by atoms with Gasteiger partial charge in [0.25, 0.3) is 0 Å². The van der Waals surface area contributed by atoms with Crippen molar-refractivity contribution in [3.63, 3.8) is 0 Å². The molecular formula is C43H45N3O4. The Morgan fingerprint density at radius 3 is 2.06 bits per heavy atom. The molecule has 256 valence electrons. The molecule has 50 heavy (non-hydrogen) atoms. The first-order valence-electron chi connectivity index (χ1n) is 17.3. The molecule has 0 spiro atoms. The maximum Gasteiger partial charge on any atom is 0.246 e. The number of piperazine rings is 1. The van der Waals surface area contributed by atoms with Crippen molar-refractivity contribution in [3.8, 4) is 23.1 Å². The van der Waals surface area contributed by atoms with Gasteiger partial charge in [-0.05, 0) is 85.0 Å². The molecule has 1 aliphatic rings. The van der Waals surface area contributed by atoms with Gasteiger partial charge < -0.3 is 19.1 Å². The molecule has 7 heteroatoms. The van der Waals surface area contributed by atoms with Gasteiger partial charge in [-0.25, -0.2) is 4.98 Å². The van der Waals surface area contributed by atoms with E-state index in [-0.39, 0.29) is 5.91 Å². The van der Waals surface area contributed by atoms with E-state index in [1.165, 1.54) is 22.3 Å². The summed E-state index contributed by atoms with van der Waals surface area (Å²) >= 11 is 0. The van der Waals surface area contributed by atoms with Crippen LogP contribution in [0.3, 0.4) is 0 Å². The first-order valence-corrected chi connectivity index (χ1v) is 17.3. The third kappa shape index (κ3) is 10.1. The molecule has 0 N–H and O–H groups in total. The highest BCUT2D eigenvalue weighted by Crippen LogP contribution is 2.26. The van der Waals surface area contributed by atoms with E-state index in [9.17, 15) is 4.79 Å². The van der Waals surface area contributed by atoms with Crippen LogP contribution in [0, 0.1) is 20.8 Å². The summed E-state index contributed by atoms with van der Waals surface area (Å²) < 4.78 is 17.8. The molecule has 1 aromatic heterocycles. The van der Waals surface area contributed by atoms with E-state index in [0.717, 1.165) is 48.5 Å². The maximum atomic E-state index is 13.0. The predicted molar refractivity (Wildman–Crippen MR) is 199 cm³/mol. The molecular weight excluding hydrogens is 622 g/mol. The van der Waals surface area contributed by atoms with E-state index in [1.54, 1.807) is 18.3 Å². The Morgan fingerprint density at radius 1 is 0.720 bits per heavy atom. The molecule has 1 fully saturated rings. The van der Waals surface area contributed by atoms with Gasteiger partial charge in [0.15, 0.2) is 0 Å². The van der Waals surface area contributed by atoms with E-state index in [1.807, 2.05) is 54.3 Å². The Balaban J connectivity index is 0.910. The van der Waals surface area contributed by atoms with Crippen LogP contribution in [0.4, 0.5) is 0 Å². The van der Waals surface area contributed by atoms with Crippen molar-refractivity contribution in [1.82, 2.24) is 14.8 Å². The Bertz CT molecular complexity index is 1860. The molecule has 0 aliphatic carbocycles.